The Kier molecular flexibility index (Phi) is 4.31. The number of amides is 1. The van der Waals surface area contributed by atoms with Gasteiger partial charge in [0.05, 0.1) is 12.5 Å². The molecule has 0 saturated heterocycles. The Balaban J connectivity index is 1.84. The fraction of sp³-hybridized carbons (Fsp3) is 0.500. The quantitative estimate of drug-likeness (QED) is 0.860. The van der Waals surface area contributed by atoms with Crippen LogP contribution in [-0.4, -0.2) is 23.2 Å². The van der Waals surface area contributed by atoms with Gasteiger partial charge in [0, 0.05) is 6.04 Å². The summed E-state index contributed by atoms with van der Waals surface area (Å²) in [6.07, 6.45) is 2.89. The van der Waals surface area contributed by atoms with Crippen LogP contribution in [0.25, 0.3) is 0 Å². The first kappa shape index (κ1) is 13.0. The summed E-state index contributed by atoms with van der Waals surface area (Å²) in [5, 5.41) is 12.3. The summed E-state index contributed by atoms with van der Waals surface area (Å²) in [6, 6.07) is 6.44. The molecule has 1 aliphatic rings. The van der Waals surface area contributed by atoms with Gasteiger partial charge in [0.2, 0.25) is 5.91 Å². The average Bonchev–Trinajstić information content (AvgIpc) is 2.35. The molecule has 18 heavy (non-hydrogen) atoms. The lowest BCUT2D eigenvalue weighted by atomic mass is 9.93. The predicted molar refractivity (Wildman–Crippen MR) is 66.5 cm³/mol. The van der Waals surface area contributed by atoms with E-state index in [4.69, 9.17) is 0 Å². The van der Waals surface area contributed by atoms with Crippen LogP contribution in [0.4, 0.5) is 4.39 Å². The van der Waals surface area contributed by atoms with E-state index in [0.29, 0.717) is 5.56 Å². The molecule has 98 valence electrons. The Labute approximate surface area is 106 Å². The fourth-order valence-electron chi connectivity index (χ4n) is 2.31. The molecule has 0 aliphatic heterocycles. The van der Waals surface area contributed by atoms with Crippen LogP contribution < -0.4 is 5.32 Å². The number of carbonyl (C=O) groups is 1. The number of aliphatic hydroxyl groups excluding tert-OH is 1. The third kappa shape index (κ3) is 3.53. The van der Waals surface area contributed by atoms with Crippen LogP contribution in [0, 0.1) is 5.82 Å². The Bertz CT molecular complexity index is 414. The lowest BCUT2D eigenvalue weighted by molar-refractivity contribution is -0.121. The number of halogens is 1. The first-order valence-corrected chi connectivity index (χ1v) is 6.36. The zero-order chi connectivity index (χ0) is 13.0. The summed E-state index contributed by atoms with van der Waals surface area (Å²) in [7, 11) is 0. The molecule has 1 aromatic carbocycles. The van der Waals surface area contributed by atoms with E-state index in [1.54, 1.807) is 18.2 Å². The van der Waals surface area contributed by atoms with Crippen molar-refractivity contribution in [3.05, 3.63) is 35.6 Å². The molecule has 0 bridgehead atoms. The third-order valence-corrected chi connectivity index (χ3v) is 3.37. The molecule has 0 unspecified atom stereocenters. The molecule has 1 fully saturated rings. The Morgan fingerprint density at radius 2 is 1.94 bits per heavy atom. The number of carbonyl (C=O) groups excluding carboxylic acids is 1. The maximum Gasteiger partial charge on any atom is 0.224 e. The first-order valence-electron chi connectivity index (χ1n) is 6.36. The highest BCUT2D eigenvalue weighted by Crippen LogP contribution is 2.18. The molecular formula is C14H18FNO2. The van der Waals surface area contributed by atoms with E-state index in [9.17, 15) is 14.3 Å². The second kappa shape index (κ2) is 5.96. The standard InChI is InChI=1S/C14H18FNO2/c15-13-4-2-1-3-10(13)9-14(18)16-11-5-7-12(17)8-6-11/h1-4,11-12,17H,5-9H2,(H,16,18). The second-order valence-corrected chi connectivity index (χ2v) is 4.84. The van der Waals surface area contributed by atoms with Crippen molar-refractivity contribution in [2.24, 2.45) is 0 Å². The minimum Gasteiger partial charge on any atom is -0.393 e. The molecule has 2 N–H and O–H groups in total. The molecule has 2 rings (SSSR count). The van der Waals surface area contributed by atoms with E-state index in [1.165, 1.54) is 6.07 Å². The van der Waals surface area contributed by atoms with Crippen molar-refractivity contribution in [3.63, 3.8) is 0 Å². The number of hydrogen-bond acceptors (Lipinski definition) is 2. The van der Waals surface area contributed by atoms with E-state index in [0.717, 1.165) is 25.7 Å². The molecule has 0 radical (unpaired) electrons. The zero-order valence-corrected chi connectivity index (χ0v) is 10.2. The van der Waals surface area contributed by atoms with Gasteiger partial charge < -0.3 is 10.4 Å². The van der Waals surface area contributed by atoms with Crippen molar-refractivity contribution in [3.8, 4) is 0 Å². The van der Waals surface area contributed by atoms with Gasteiger partial charge in [0.25, 0.3) is 0 Å². The van der Waals surface area contributed by atoms with Gasteiger partial charge in [-0.05, 0) is 37.3 Å². The molecule has 0 atom stereocenters. The van der Waals surface area contributed by atoms with E-state index < -0.39 is 0 Å². The minimum atomic E-state index is -0.341. The van der Waals surface area contributed by atoms with Crippen LogP contribution in [0.2, 0.25) is 0 Å². The van der Waals surface area contributed by atoms with Crippen molar-refractivity contribution in [1.82, 2.24) is 5.32 Å². The maximum absolute atomic E-state index is 13.4. The molecule has 4 heteroatoms. The minimum absolute atomic E-state index is 0.0751. The molecule has 1 aromatic rings. The highest BCUT2D eigenvalue weighted by atomic mass is 19.1. The summed E-state index contributed by atoms with van der Waals surface area (Å²) < 4.78 is 13.4. The van der Waals surface area contributed by atoms with Crippen LogP contribution in [0.1, 0.15) is 31.2 Å². The molecule has 0 spiro atoms. The smallest absolute Gasteiger partial charge is 0.224 e. The molecule has 1 amide bonds. The van der Waals surface area contributed by atoms with Crippen molar-refractivity contribution < 1.29 is 14.3 Å². The lowest BCUT2D eigenvalue weighted by Crippen LogP contribution is -2.39. The van der Waals surface area contributed by atoms with E-state index in [2.05, 4.69) is 5.32 Å². The number of aliphatic hydroxyl groups is 1. The van der Waals surface area contributed by atoms with Crippen molar-refractivity contribution >= 4 is 5.91 Å². The van der Waals surface area contributed by atoms with Crippen LogP contribution in [0.15, 0.2) is 24.3 Å². The fourth-order valence-corrected chi connectivity index (χ4v) is 2.31. The van der Waals surface area contributed by atoms with Gasteiger partial charge in [-0.25, -0.2) is 4.39 Å². The number of rotatable bonds is 3. The monoisotopic (exact) mass is 251 g/mol. The Hall–Kier alpha value is -1.42. The Morgan fingerprint density at radius 1 is 1.28 bits per heavy atom. The third-order valence-electron chi connectivity index (χ3n) is 3.37. The summed E-state index contributed by atoms with van der Waals surface area (Å²) in [5.74, 6) is -0.492. The zero-order valence-electron chi connectivity index (χ0n) is 10.2. The van der Waals surface area contributed by atoms with Crippen molar-refractivity contribution in [2.45, 2.75) is 44.2 Å². The van der Waals surface area contributed by atoms with Crippen LogP contribution in [-0.2, 0) is 11.2 Å². The summed E-state index contributed by atoms with van der Waals surface area (Å²) in [4.78, 5) is 11.8. The van der Waals surface area contributed by atoms with Crippen LogP contribution >= 0.6 is 0 Å². The summed E-state index contributed by atoms with van der Waals surface area (Å²) >= 11 is 0. The topological polar surface area (TPSA) is 49.3 Å². The van der Waals surface area contributed by atoms with Gasteiger partial charge in [-0.2, -0.15) is 0 Å². The predicted octanol–water partition coefficient (Wildman–Crippen LogP) is 1.79. The highest BCUT2D eigenvalue weighted by Gasteiger charge is 2.20. The highest BCUT2D eigenvalue weighted by molar-refractivity contribution is 5.78. The summed E-state index contributed by atoms with van der Waals surface area (Å²) in [5.41, 5.74) is 0.422. The first-order chi connectivity index (χ1) is 8.65. The number of benzene rings is 1. The van der Waals surface area contributed by atoms with E-state index in [-0.39, 0.29) is 30.3 Å². The molecule has 0 aromatic heterocycles. The van der Waals surface area contributed by atoms with E-state index >= 15 is 0 Å². The average molecular weight is 251 g/mol. The van der Waals surface area contributed by atoms with Crippen LogP contribution in [0.5, 0.6) is 0 Å². The van der Waals surface area contributed by atoms with Gasteiger partial charge in [-0.1, -0.05) is 18.2 Å². The van der Waals surface area contributed by atoms with Crippen molar-refractivity contribution in [2.75, 3.05) is 0 Å². The lowest BCUT2D eigenvalue weighted by Gasteiger charge is -2.26. The Morgan fingerprint density at radius 3 is 2.61 bits per heavy atom. The second-order valence-electron chi connectivity index (χ2n) is 4.84. The van der Waals surface area contributed by atoms with Crippen molar-refractivity contribution in [1.29, 1.82) is 0 Å². The van der Waals surface area contributed by atoms with Gasteiger partial charge in [-0.15, -0.1) is 0 Å². The SMILES string of the molecule is O=C(Cc1ccccc1F)NC1CCC(O)CC1. The van der Waals surface area contributed by atoms with Gasteiger partial charge in [-0.3, -0.25) is 4.79 Å². The molecule has 1 saturated carbocycles. The van der Waals surface area contributed by atoms with Crippen LogP contribution in [0.3, 0.4) is 0 Å². The summed E-state index contributed by atoms with van der Waals surface area (Å²) in [6.45, 7) is 0. The maximum atomic E-state index is 13.4. The van der Waals surface area contributed by atoms with E-state index in [1.807, 2.05) is 0 Å². The van der Waals surface area contributed by atoms with Gasteiger partial charge in [0.15, 0.2) is 0 Å². The molecule has 0 heterocycles. The molecule has 3 nitrogen and oxygen atoms in total. The normalized spacial score (nSPS) is 23.7. The van der Waals surface area contributed by atoms with Gasteiger partial charge >= 0.3 is 0 Å². The number of nitrogens with one attached hydrogen (secondary N) is 1. The van der Waals surface area contributed by atoms with Gasteiger partial charge in [0.1, 0.15) is 5.82 Å². The largest absolute Gasteiger partial charge is 0.393 e. The number of hydrogen-bond donors (Lipinski definition) is 2. The molecular weight excluding hydrogens is 233 g/mol. The molecule has 1 aliphatic carbocycles.